The third-order valence-electron chi connectivity index (χ3n) is 4.43. The van der Waals surface area contributed by atoms with Crippen molar-refractivity contribution >= 4 is 55.7 Å². The summed E-state index contributed by atoms with van der Waals surface area (Å²) in [4.78, 5) is 26.2. The maximum Gasteiger partial charge on any atom is 0.263 e. The first kappa shape index (κ1) is 17.2. The summed E-state index contributed by atoms with van der Waals surface area (Å²) in [6.45, 7) is 2.62. The number of pyridine rings is 1. The van der Waals surface area contributed by atoms with E-state index in [1.165, 1.54) is 11.3 Å². The van der Waals surface area contributed by atoms with Gasteiger partial charge in [-0.2, -0.15) is 0 Å². The lowest BCUT2D eigenvalue weighted by Crippen LogP contribution is -2.34. The highest BCUT2D eigenvalue weighted by molar-refractivity contribution is 7.21. The molecule has 0 saturated carbocycles. The number of nitrogens with one attached hydrogen (secondary N) is 2. The highest BCUT2D eigenvalue weighted by Gasteiger charge is 2.25. The Kier molecular flexibility index (Phi) is 4.03. The number of fused-ring (bicyclic) bond motifs is 5. The highest BCUT2D eigenvalue weighted by Crippen LogP contribution is 2.40. The Hall–Kier alpha value is -2.97. The topological polar surface area (TPSA) is 89.0 Å². The molecular weight excluding hydrogens is 398 g/mol. The summed E-state index contributed by atoms with van der Waals surface area (Å²) in [7, 11) is 0. The van der Waals surface area contributed by atoms with Crippen molar-refractivity contribution in [3.63, 3.8) is 0 Å². The zero-order chi connectivity index (χ0) is 19.3. The van der Waals surface area contributed by atoms with Crippen molar-refractivity contribution in [1.29, 1.82) is 0 Å². The lowest BCUT2D eigenvalue weighted by atomic mass is 10.1. The van der Waals surface area contributed by atoms with Crippen LogP contribution in [0.3, 0.4) is 0 Å². The van der Waals surface area contributed by atoms with Gasteiger partial charge < -0.3 is 15.4 Å². The fourth-order valence-corrected chi connectivity index (χ4v) is 4.44. The van der Waals surface area contributed by atoms with Crippen LogP contribution in [0.5, 0.6) is 11.6 Å². The monoisotopic (exact) mass is 411 g/mol. The van der Waals surface area contributed by atoms with Crippen LogP contribution in [-0.4, -0.2) is 33.4 Å². The van der Waals surface area contributed by atoms with Crippen LogP contribution in [0, 0.1) is 0 Å². The van der Waals surface area contributed by atoms with Gasteiger partial charge in [-0.1, -0.05) is 11.6 Å². The maximum absolute atomic E-state index is 12.5. The number of hydrogen-bond acceptors (Lipinski definition) is 7. The van der Waals surface area contributed by atoms with Gasteiger partial charge in [0.1, 0.15) is 15.8 Å². The van der Waals surface area contributed by atoms with E-state index in [2.05, 4.69) is 25.6 Å². The number of anilines is 1. The third kappa shape index (κ3) is 2.90. The fraction of sp³-hybridized carbons (Fsp3) is 0.158. The minimum absolute atomic E-state index is 0.0513. The van der Waals surface area contributed by atoms with E-state index in [4.69, 9.17) is 16.3 Å². The van der Waals surface area contributed by atoms with Crippen molar-refractivity contribution in [2.45, 2.75) is 13.0 Å². The van der Waals surface area contributed by atoms with Crippen LogP contribution >= 0.6 is 22.9 Å². The molecule has 3 aromatic heterocycles. The first-order chi connectivity index (χ1) is 13.6. The Bertz CT molecular complexity index is 1240. The average Bonchev–Trinajstić information content (AvgIpc) is 2.99. The molecule has 0 fully saturated rings. The van der Waals surface area contributed by atoms with E-state index >= 15 is 0 Å². The fourth-order valence-electron chi connectivity index (χ4n) is 3.19. The van der Waals surface area contributed by atoms with Crippen LogP contribution in [0.2, 0.25) is 5.15 Å². The van der Waals surface area contributed by atoms with Crippen LogP contribution in [0.15, 0.2) is 36.7 Å². The molecule has 7 nitrogen and oxygen atoms in total. The van der Waals surface area contributed by atoms with E-state index in [1.54, 1.807) is 24.5 Å². The van der Waals surface area contributed by atoms with Gasteiger partial charge in [-0.05, 0) is 25.1 Å². The quantitative estimate of drug-likeness (QED) is 0.480. The summed E-state index contributed by atoms with van der Waals surface area (Å²) in [5, 5.41) is 7.62. The second kappa shape index (κ2) is 6.57. The number of ether oxygens (including phenoxy) is 1. The number of thiophene rings is 1. The first-order valence-electron chi connectivity index (χ1n) is 8.65. The van der Waals surface area contributed by atoms with Crippen molar-refractivity contribution in [1.82, 2.24) is 20.3 Å². The van der Waals surface area contributed by atoms with Crippen LogP contribution in [0.1, 0.15) is 16.6 Å². The molecule has 4 heterocycles. The normalized spacial score (nSPS) is 16.4. The molecule has 1 amide bonds. The van der Waals surface area contributed by atoms with E-state index < -0.39 is 0 Å². The minimum Gasteiger partial charge on any atom is -0.437 e. The molecule has 9 heteroatoms. The van der Waals surface area contributed by atoms with Gasteiger partial charge >= 0.3 is 0 Å². The molecule has 1 atom stereocenters. The van der Waals surface area contributed by atoms with Crippen LogP contribution < -0.4 is 15.4 Å². The molecule has 0 unspecified atom stereocenters. The second-order valence-corrected chi connectivity index (χ2v) is 7.93. The maximum atomic E-state index is 12.5. The van der Waals surface area contributed by atoms with Gasteiger partial charge in [-0.15, -0.1) is 11.3 Å². The third-order valence-corrected chi connectivity index (χ3v) is 5.79. The number of nitrogens with zero attached hydrogens (tertiary/aromatic N) is 3. The van der Waals surface area contributed by atoms with Crippen LogP contribution in [0.25, 0.3) is 21.1 Å². The number of carbonyl (C=O) groups is 1. The molecule has 0 bridgehead atoms. The molecule has 5 rings (SSSR count). The van der Waals surface area contributed by atoms with Gasteiger partial charge in [0.15, 0.2) is 0 Å². The van der Waals surface area contributed by atoms with E-state index in [1.807, 2.05) is 19.1 Å². The van der Waals surface area contributed by atoms with Gasteiger partial charge in [0.05, 0.1) is 22.9 Å². The smallest absolute Gasteiger partial charge is 0.263 e. The van der Waals surface area contributed by atoms with Crippen molar-refractivity contribution in [3.05, 3.63) is 46.7 Å². The van der Waals surface area contributed by atoms with Gasteiger partial charge in [0.25, 0.3) is 5.91 Å². The molecule has 0 radical (unpaired) electrons. The molecule has 0 aliphatic carbocycles. The lowest BCUT2D eigenvalue weighted by Gasteiger charge is -2.10. The zero-order valence-corrected chi connectivity index (χ0v) is 16.3. The summed E-state index contributed by atoms with van der Waals surface area (Å²) in [5.41, 5.74) is 2.23. The Labute approximate surface area is 168 Å². The van der Waals surface area contributed by atoms with E-state index in [0.29, 0.717) is 33.7 Å². The van der Waals surface area contributed by atoms with Gasteiger partial charge in [-0.25, -0.2) is 15.0 Å². The largest absolute Gasteiger partial charge is 0.437 e. The number of benzene rings is 1. The lowest BCUT2D eigenvalue weighted by molar-refractivity contribution is 0.0949. The van der Waals surface area contributed by atoms with E-state index in [0.717, 1.165) is 21.3 Å². The molecule has 1 aliphatic heterocycles. The minimum atomic E-state index is -0.0654. The Morgan fingerprint density at radius 3 is 3.04 bits per heavy atom. The van der Waals surface area contributed by atoms with Crippen molar-refractivity contribution in [2.24, 2.45) is 0 Å². The Morgan fingerprint density at radius 2 is 2.18 bits per heavy atom. The number of aromatic nitrogens is 3. The average molecular weight is 412 g/mol. The molecule has 0 spiro atoms. The molecule has 1 aliphatic rings. The Balaban J connectivity index is 1.62. The number of amides is 1. The number of halogens is 1. The SMILES string of the molecule is C[C@@H]1CNc2c(sc3ccc4nc(Oc5ccnc(Cl)c5)cnc4c23)C(=O)N1. The standard InChI is InChI=1S/C19H14ClN5O2S/c1-9-7-22-17-15-12(28-18(17)19(26)24-9)3-2-11-16(15)23-8-14(25-11)27-10-4-5-21-13(20)6-10/h2-6,8-9,22H,7H2,1H3,(H,24,26)/t9-/m1/s1. The summed E-state index contributed by atoms with van der Waals surface area (Å²) >= 11 is 7.35. The van der Waals surface area contributed by atoms with Crippen molar-refractivity contribution in [3.8, 4) is 11.6 Å². The second-order valence-electron chi connectivity index (χ2n) is 6.49. The van der Waals surface area contributed by atoms with Crippen molar-refractivity contribution < 1.29 is 9.53 Å². The summed E-state index contributed by atoms with van der Waals surface area (Å²) in [6, 6.07) is 7.20. The molecule has 28 heavy (non-hydrogen) atoms. The van der Waals surface area contributed by atoms with Crippen molar-refractivity contribution in [2.75, 3.05) is 11.9 Å². The Morgan fingerprint density at radius 1 is 1.29 bits per heavy atom. The molecule has 1 aromatic carbocycles. The van der Waals surface area contributed by atoms with Gasteiger partial charge in [0, 0.05) is 34.9 Å². The van der Waals surface area contributed by atoms with Crippen LogP contribution in [0.4, 0.5) is 5.69 Å². The summed E-state index contributed by atoms with van der Waals surface area (Å²) in [6.07, 6.45) is 3.13. The number of hydrogen-bond donors (Lipinski definition) is 2. The summed E-state index contributed by atoms with van der Waals surface area (Å²) in [5.74, 6) is 0.825. The predicted molar refractivity (Wildman–Crippen MR) is 110 cm³/mol. The van der Waals surface area contributed by atoms with Gasteiger partial charge in [0.2, 0.25) is 5.88 Å². The van der Waals surface area contributed by atoms with Crippen LogP contribution in [-0.2, 0) is 0 Å². The van der Waals surface area contributed by atoms with Gasteiger partial charge in [-0.3, -0.25) is 4.79 Å². The molecular formula is C19H14ClN5O2S. The number of carbonyl (C=O) groups excluding carboxylic acids is 1. The molecule has 2 N–H and O–H groups in total. The molecule has 4 aromatic rings. The predicted octanol–water partition coefficient (Wildman–Crippen LogP) is 4.23. The molecule has 0 saturated heterocycles. The summed E-state index contributed by atoms with van der Waals surface area (Å²) < 4.78 is 6.73. The zero-order valence-electron chi connectivity index (χ0n) is 14.7. The first-order valence-corrected chi connectivity index (χ1v) is 9.84. The van der Waals surface area contributed by atoms with E-state index in [9.17, 15) is 4.79 Å². The highest BCUT2D eigenvalue weighted by atomic mass is 35.5. The molecule has 140 valence electrons. The van der Waals surface area contributed by atoms with E-state index in [-0.39, 0.29) is 11.9 Å². The number of rotatable bonds is 2.